The second-order valence-corrected chi connectivity index (χ2v) is 7.79. The number of carbonyl (C=O) groups excluding carboxylic acids is 2. The fraction of sp³-hybridized carbons (Fsp3) is 0.167. The van der Waals surface area contributed by atoms with E-state index in [1.807, 2.05) is 6.07 Å². The van der Waals surface area contributed by atoms with Crippen LogP contribution in [0.15, 0.2) is 64.6 Å². The molecule has 26 heavy (non-hydrogen) atoms. The maximum Gasteiger partial charge on any atom is 0.271 e. The maximum absolute atomic E-state index is 12.6. The lowest BCUT2D eigenvalue weighted by molar-refractivity contribution is -0.118. The van der Waals surface area contributed by atoms with Crippen molar-refractivity contribution >= 4 is 38.7 Å². The summed E-state index contributed by atoms with van der Waals surface area (Å²) in [5.41, 5.74) is 0.918. The monoisotopic (exact) mass is 371 g/mol. The van der Waals surface area contributed by atoms with Crippen LogP contribution < -0.4 is 10.3 Å². The fourth-order valence-corrected chi connectivity index (χ4v) is 3.42. The molecule has 1 heterocycles. The lowest BCUT2D eigenvalue weighted by atomic mass is 10.1. The van der Waals surface area contributed by atoms with Crippen molar-refractivity contribution in [1.82, 2.24) is 0 Å². The number of rotatable bonds is 4. The number of nitrogens with one attached hydrogen (secondary N) is 1. The van der Waals surface area contributed by atoms with Gasteiger partial charge in [0, 0.05) is 19.1 Å². The molecule has 7 nitrogen and oxygen atoms in total. The number of para-hydroxylation sites is 2. The first-order valence-corrected chi connectivity index (χ1v) is 9.81. The Hall–Kier alpha value is -3.00. The molecule has 0 bridgehead atoms. The predicted octanol–water partition coefficient (Wildman–Crippen LogP) is 2.21. The Morgan fingerprint density at radius 2 is 1.69 bits per heavy atom. The number of hydrogen-bond acceptors (Lipinski definition) is 5. The molecule has 0 saturated heterocycles. The Kier molecular flexibility index (Phi) is 4.85. The first kappa shape index (κ1) is 17.8. The van der Waals surface area contributed by atoms with Crippen LogP contribution in [-0.4, -0.2) is 32.2 Å². The molecule has 0 fully saturated rings. The van der Waals surface area contributed by atoms with Crippen LogP contribution in [0.5, 0.6) is 0 Å². The normalized spacial score (nSPS) is 14.7. The topological polar surface area (TPSA) is 95.9 Å². The number of nitrogens with zero attached hydrogens (tertiary/aromatic N) is 2. The van der Waals surface area contributed by atoms with Gasteiger partial charge in [0.05, 0.1) is 16.3 Å². The number of amides is 2. The second kappa shape index (κ2) is 7.09. The first-order valence-electron chi connectivity index (χ1n) is 7.92. The average Bonchev–Trinajstić information content (AvgIpc) is 2.62. The molecule has 0 aliphatic carbocycles. The van der Waals surface area contributed by atoms with Crippen molar-refractivity contribution in [1.29, 1.82) is 0 Å². The predicted molar refractivity (Wildman–Crippen MR) is 98.8 cm³/mol. The van der Waals surface area contributed by atoms with Gasteiger partial charge in [-0.25, -0.2) is 13.4 Å². The molecule has 8 heteroatoms. The summed E-state index contributed by atoms with van der Waals surface area (Å²) in [6.07, 6.45) is 1.41. The van der Waals surface area contributed by atoms with Crippen LogP contribution >= 0.6 is 0 Å². The smallest absolute Gasteiger partial charge is 0.271 e. The molecule has 1 N–H and O–H groups in total. The van der Waals surface area contributed by atoms with Gasteiger partial charge in [-0.05, 0) is 24.3 Å². The number of hydrazone groups is 1. The summed E-state index contributed by atoms with van der Waals surface area (Å²) in [6.45, 7) is 0. The zero-order valence-corrected chi connectivity index (χ0v) is 14.9. The largest absolute Gasteiger partial charge is 0.320 e. The minimum atomic E-state index is -3.49. The lowest BCUT2D eigenvalue weighted by Gasteiger charge is -2.23. The number of anilines is 2. The van der Waals surface area contributed by atoms with Crippen molar-refractivity contribution < 1.29 is 18.0 Å². The van der Waals surface area contributed by atoms with Gasteiger partial charge in [-0.3, -0.25) is 9.59 Å². The third-order valence-corrected chi connectivity index (χ3v) is 4.99. The zero-order chi connectivity index (χ0) is 18.7. The van der Waals surface area contributed by atoms with E-state index in [9.17, 15) is 18.0 Å². The molecule has 2 aromatic rings. The summed E-state index contributed by atoms with van der Waals surface area (Å²) in [6, 6.07) is 15.0. The molecule has 1 aliphatic rings. The number of carbonyl (C=O) groups is 2. The van der Waals surface area contributed by atoms with Crippen molar-refractivity contribution in [3.05, 3.63) is 54.6 Å². The highest BCUT2D eigenvalue weighted by Crippen LogP contribution is 2.23. The zero-order valence-electron chi connectivity index (χ0n) is 14.0. The molecule has 0 atom stereocenters. The van der Waals surface area contributed by atoms with Crippen molar-refractivity contribution in [3.8, 4) is 0 Å². The third-order valence-electron chi connectivity index (χ3n) is 3.83. The van der Waals surface area contributed by atoms with Gasteiger partial charge in [0.1, 0.15) is 5.71 Å². The van der Waals surface area contributed by atoms with Crippen LogP contribution in [0.4, 0.5) is 11.4 Å². The minimum Gasteiger partial charge on any atom is -0.320 e. The summed E-state index contributed by atoms with van der Waals surface area (Å²) in [5, 5.41) is 7.94. The first-order chi connectivity index (χ1) is 12.4. The molecule has 134 valence electrons. The van der Waals surface area contributed by atoms with E-state index < -0.39 is 15.7 Å². The highest BCUT2D eigenvalue weighted by molar-refractivity contribution is 7.90. The SMILES string of the molecule is CS(=O)(=O)c1ccccc1NC(=O)C1=NN(c2ccccc2)C(=O)CC1. The number of hydrogen-bond donors (Lipinski definition) is 1. The van der Waals surface area contributed by atoms with Gasteiger partial charge in [-0.15, -0.1) is 0 Å². The van der Waals surface area contributed by atoms with Crippen molar-refractivity contribution in [2.24, 2.45) is 5.10 Å². The molecule has 2 amide bonds. The Bertz CT molecular complexity index is 985. The molecule has 0 radical (unpaired) electrons. The Balaban J connectivity index is 1.88. The van der Waals surface area contributed by atoms with Gasteiger partial charge >= 0.3 is 0 Å². The molecule has 0 aromatic heterocycles. The summed E-state index contributed by atoms with van der Waals surface area (Å²) >= 11 is 0. The van der Waals surface area contributed by atoms with Gasteiger partial charge in [0.25, 0.3) is 5.91 Å². The standard InChI is InChI=1S/C18H17N3O4S/c1-26(24,25)16-10-6-5-9-14(16)19-18(23)15-11-12-17(22)21(20-15)13-7-3-2-4-8-13/h2-10H,11-12H2,1H3,(H,19,23). The molecule has 3 rings (SSSR count). The van der Waals surface area contributed by atoms with Gasteiger partial charge in [0.15, 0.2) is 9.84 Å². The van der Waals surface area contributed by atoms with Crippen LogP contribution in [0.2, 0.25) is 0 Å². The molecular formula is C18H17N3O4S. The van der Waals surface area contributed by atoms with E-state index >= 15 is 0 Å². The van der Waals surface area contributed by atoms with E-state index in [-0.39, 0.29) is 35.0 Å². The van der Waals surface area contributed by atoms with E-state index in [2.05, 4.69) is 10.4 Å². The molecule has 2 aromatic carbocycles. The maximum atomic E-state index is 12.6. The lowest BCUT2D eigenvalue weighted by Crippen LogP contribution is -2.36. The van der Waals surface area contributed by atoms with E-state index in [1.54, 1.807) is 36.4 Å². The van der Waals surface area contributed by atoms with Gasteiger partial charge < -0.3 is 5.32 Å². The third kappa shape index (κ3) is 3.80. The average molecular weight is 371 g/mol. The molecule has 0 unspecified atom stereocenters. The highest BCUT2D eigenvalue weighted by Gasteiger charge is 2.26. The van der Waals surface area contributed by atoms with Crippen molar-refractivity contribution in [2.45, 2.75) is 17.7 Å². The van der Waals surface area contributed by atoms with E-state index in [4.69, 9.17) is 0 Å². The van der Waals surface area contributed by atoms with Crippen LogP contribution in [0.3, 0.4) is 0 Å². The fourth-order valence-electron chi connectivity index (χ4n) is 2.58. The molecule has 0 spiro atoms. The van der Waals surface area contributed by atoms with Gasteiger partial charge in [-0.2, -0.15) is 5.10 Å². The number of benzene rings is 2. The van der Waals surface area contributed by atoms with Gasteiger partial charge in [-0.1, -0.05) is 30.3 Å². The Morgan fingerprint density at radius 3 is 2.38 bits per heavy atom. The van der Waals surface area contributed by atoms with E-state index in [0.717, 1.165) is 6.26 Å². The van der Waals surface area contributed by atoms with Crippen LogP contribution in [0.1, 0.15) is 12.8 Å². The summed E-state index contributed by atoms with van der Waals surface area (Å²) in [4.78, 5) is 24.7. The van der Waals surface area contributed by atoms with Gasteiger partial charge in [0.2, 0.25) is 5.91 Å². The summed E-state index contributed by atoms with van der Waals surface area (Å²) in [5.74, 6) is -0.737. The quantitative estimate of drug-likeness (QED) is 0.891. The van der Waals surface area contributed by atoms with Crippen LogP contribution in [-0.2, 0) is 19.4 Å². The van der Waals surface area contributed by atoms with Crippen LogP contribution in [0.25, 0.3) is 0 Å². The molecule has 0 saturated carbocycles. The second-order valence-electron chi connectivity index (χ2n) is 5.81. The Labute approximate surface area is 151 Å². The van der Waals surface area contributed by atoms with Crippen molar-refractivity contribution in [2.75, 3.05) is 16.6 Å². The van der Waals surface area contributed by atoms with Crippen LogP contribution in [0, 0.1) is 0 Å². The molecule has 1 aliphatic heterocycles. The summed E-state index contributed by atoms with van der Waals surface area (Å²) in [7, 11) is -3.49. The highest BCUT2D eigenvalue weighted by atomic mass is 32.2. The minimum absolute atomic E-state index is 0.0285. The van der Waals surface area contributed by atoms with E-state index in [0.29, 0.717) is 5.69 Å². The Morgan fingerprint density at radius 1 is 1.04 bits per heavy atom. The summed E-state index contributed by atoms with van der Waals surface area (Å²) < 4.78 is 23.7. The van der Waals surface area contributed by atoms with Crippen molar-refractivity contribution in [3.63, 3.8) is 0 Å². The number of sulfone groups is 1. The molecular weight excluding hydrogens is 354 g/mol. The van der Waals surface area contributed by atoms with E-state index in [1.165, 1.54) is 17.1 Å².